The molecule has 1 N–H and O–H groups in total. The quantitative estimate of drug-likeness (QED) is 0.287. The smallest absolute Gasteiger partial charge is 0.338 e. The summed E-state index contributed by atoms with van der Waals surface area (Å²) in [5.74, 6) is -6.80. The Morgan fingerprint density at radius 2 is 1.57 bits per heavy atom. The van der Waals surface area contributed by atoms with Crippen LogP contribution in [0.5, 0.6) is 0 Å². The molecule has 10 atom stereocenters. The second-order valence-electron chi connectivity index (χ2n) is 13.4. The maximum Gasteiger partial charge on any atom is 0.338 e. The molecular formula is C33H40O11. The van der Waals surface area contributed by atoms with Crippen molar-refractivity contribution in [3.63, 3.8) is 0 Å². The number of fused-ring (bicyclic) bond motifs is 1. The summed E-state index contributed by atoms with van der Waals surface area (Å²) in [5, 5.41) is 12.6. The van der Waals surface area contributed by atoms with Crippen molar-refractivity contribution < 1.29 is 52.8 Å². The first-order valence-corrected chi connectivity index (χ1v) is 14.9. The lowest BCUT2D eigenvalue weighted by Crippen LogP contribution is -2.64. The van der Waals surface area contributed by atoms with E-state index in [9.17, 15) is 29.1 Å². The number of Topliss-reactive ketones (excluding diaryl/α,β-unsaturated/α-hetero) is 1. The second-order valence-corrected chi connectivity index (χ2v) is 13.4. The molecule has 44 heavy (non-hydrogen) atoms. The van der Waals surface area contributed by atoms with Gasteiger partial charge in [0.25, 0.3) is 0 Å². The van der Waals surface area contributed by atoms with Crippen LogP contribution in [0.15, 0.2) is 42.5 Å². The van der Waals surface area contributed by atoms with E-state index in [4.69, 9.17) is 23.7 Å². The van der Waals surface area contributed by atoms with Crippen molar-refractivity contribution in [2.24, 2.45) is 29.1 Å². The Bertz CT molecular complexity index is 1400. The number of benzene rings is 1. The highest BCUT2D eigenvalue weighted by atomic mass is 16.6. The summed E-state index contributed by atoms with van der Waals surface area (Å²) in [7, 11) is 0. The van der Waals surface area contributed by atoms with Crippen LogP contribution in [0, 0.1) is 29.1 Å². The third kappa shape index (κ3) is 4.75. The van der Waals surface area contributed by atoms with Crippen molar-refractivity contribution in [1.29, 1.82) is 0 Å². The van der Waals surface area contributed by atoms with Gasteiger partial charge in [-0.25, -0.2) is 4.79 Å². The zero-order valence-corrected chi connectivity index (χ0v) is 26.0. The largest absolute Gasteiger partial charge is 0.465 e. The number of aliphatic hydroxyl groups is 1. The molecule has 5 rings (SSSR count). The average Bonchev–Trinajstić information content (AvgIpc) is 3.30. The van der Waals surface area contributed by atoms with E-state index in [1.54, 1.807) is 56.3 Å². The van der Waals surface area contributed by atoms with Gasteiger partial charge in [0.05, 0.1) is 22.5 Å². The summed E-state index contributed by atoms with van der Waals surface area (Å²) in [4.78, 5) is 66.2. The molecule has 1 aliphatic heterocycles. The van der Waals surface area contributed by atoms with E-state index < -0.39 is 100 Å². The third-order valence-corrected chi connectivity index (χ3v) is 10.00. The predicted molar refractivity (Wildman–Crippen MR) is 153 cm³/mol. The van der Waals surface area contributed by atoms with E-state index in [1.165, 1.54) is 20.8 Å². The average molecular weight is 613 g/mol. The highest BCUT2D eigenvalue weighted by Crippen LogP contribution is 2.67. The van der Waals surface area contributed by atoms with Crippen molar-refractivity contribution in [3.8, 4) is 0 Å². The summed E-state index contributed by atoms with van der Waals surface area (Å²) >= 11 is 0. The minimum atomic E-state index is -2.21. The fraction of sp³-hybridized carbons (Fsp3) is 0.606. The molecule has 1 saturated heterocycles. The van der Waals surface area contributed by atoms with Gasteiger partial charge in [-0.15, -0.1) is 0 Å². The van der Waals surface area contributed by atoms with Crippen LogP contribution in [0.1, 0.15) is 65.2 Å². The standard InChI is InChI=1S/C33H40O11/c1-17-15-33(39)24(25(17)43-28(37)21-11-9-8-10-12-21)27(42-20(4)36)32(16-40-18(2)34)23(41-19(3)35)14-13-22-26(32)31(7,29(33)38)44-30(22,5)6/h8-14,17,22-27,39H,15-16H2,1-7H3/t17-,22+,23-,24+,25+,26-,27-,31+,32-,33-/m1/s1. The van der Waals surface area contributed by atoms with Crippen molar-refractivity contribution in [3.05, 3.63) is 48.0 Å². The topological polar surface area (TPSA) is 152 Å². The Hall–Kier alpha value is -3.57. The first-order valence-electron chi connectivity index (χ1n) is 14.9. The number of esters is 4. The number of ketones is 1. The van der Waals surface area contributed by atoms with Crippen LogP contribution >= 0.6 is 0 Å². The molecule has 11 nitrogen and oxygen atoms in total. The fourth-order valence-corrected chi connectivity index (χ4v) is 8.64. The predicted octanol–water partition coefficient (Wildman–Crippen LogP) is 2.96. The van der Waals surface area contributed by atoms with Crippen LogP contribution in [0.2, 0.25) is 0 Å². The minimum Gasteiger partial charge on any atom is -0.465 e. The number of carbonyl (C=O) groups is 5. The summed E-state index contributed by atoms with van der Waals surface area (Å²) in [6, 6.07) is 8.25. The zero-order valence-electron chi connectivity index (χ0n) is 26.0. The van der Waals surface area contributed by atoms with E-state index >= 15 is 0 Å². The van der Waals surface area contributed by atoms with Crippen molar-refractivity contribution in [2.45, 2.75) is 90.0 Å². The Morgan fingerprint density at radius 3 is 2.16 bits per heavy atom. The Kier molecular flexibility index (Phi) is 7.82. The van der Waals surface area contributed by atoms with Crippen LogP contribution in [0.3, 0.4) is 0 Å². The second kappa shape index (κ2) is 10.8. The van der Waals surface area contributed by atoms with Crippen molar-refractivity contribution >= 4 is 29.7 Å². The molecule has 1 aromatic rings. The number of carbonyl (C=O) groups excluding carboxylic acids is 5. The molecule has 3 fully saturated rings. The lowest BCUT2D eigenvalue weighted by atomic mass is 9.54. The minimum absolute atomic E-state index is 0.132. The van der Waals surface area contributed by atoms with Crippen LogP contribution in [0.25, 0.3) is 0 Å². The van der Waals surface area contributed by atoms with Gasteiger partial charge in [0.15, 0.2) is 5.78 Å². The Labute approximate surface area is 256 Å². The van der Waals surface area contributed by atoms with Gasteiger partial charge >= 0.3 is 23.9 Å². The highest BCUT2D eigenvalue weighted by Gasteiger charge is 2.80. The lowest BCUT2D eigenvalue weighted by molar-refractivity contribution is -0.213. The van der Waals surface area contributed by atoms with Crippen LogP contribution in [-0.2, 0) is 42.9 Å². The molecule has 0 bridgehead atoms. The van der Waals surface area contributed by atoms with Crippen LogP contribution < -0.4 is 0 Å². The van der Waals surface area contributed by atoms with Gasteiger partial charge in [0.2, 0.25) is 0 Å². The molecule has 0 aromatic heterocycles. The number of hydrogen-bond donors (Lipinski definition) is 1. The molecule has 1 heterocycles. The summed E-state index contributed by atoms with van der Waals surface area (Å²) in [6.45, 7) is 10.1. The fourth-order valence-electron chi connectivity index (χ4n) is 8.64. The summed E-state index contributed by atoms with van der Waals surface area (Å²) in [6.07, 6.45) is -0.446. The molecule has 0 spiro atoms. The van der Waals surface area contributed by atoms with Gasteiger partial charge in [0.1, 0.15) is 36.1 Å². The first kappa shape index (κ1) is 31.8. The molecule has 0 radical (unpaired) electrons. The highest BCUT2D eigenvalue weighted by molar-refractivity contribution is 5.97. The van der Waals surface area contributed by atoms with Gasteiger partial charge in [-0.05, 0) is 51.3 Å². The molecule has 0 amide bonds. The maximum absolute atomic E-state index is 14.9. The number of ether oxygens (including phenoxy) is 5. The van der Waals surface area contributed by atoms with E-state index in [0.717, 1.165) is 0 Å². The maximum atomic E-state index is 14.9. The van der Waals surface area contributed by atoms with Crippen LogP contribution in [-0.4, -0.2) is 76.5 Å². The van der Waals surface area contributed by atoms with Crippen molar-refractivity contribution in [1.82, 2.24) is 0 Å². The van der Waals surface area contributed by atoms with Crippen molar-refractivity contribution in [2.75, 3.05) is 6.61 Å². The van der Waals surface area contributed by atoms with E-state index in [1.807, 2.05) is 13.8 Å². The number of hydrogen-bond acceptors (Lipinski definition) is 11. The zero-order chi connectivity index (χ0) is 32.4. The summed E-state index contributed by atoms with van der Waals surface area (Å²) in [5.41, 5.74) is -6.29. The Morgan fingerprint density at radius 1 is 0.932 bits per heavy atom. The molecule has 1 aromatic carbocycles. The number of rotatable bonds is 6. The molecule has 0 unspecified atom stereocenters. The van der Waals surface area contributed by atoms with E-state index in [0.29, 0.717) is 0 Å². The lowest BCUT2D eigenvalue weighted by Gasteiger charge is -2.53. The van der Waals surface area contributed by atoms with Crippen LogP contribution in [0.4, 0.5) is 0 Å². The molecule has 3 aliphatic carbocycles. The summed E-state index contributed by atoms with van der Waals surface area (Å²) < 4.78 is 30.3. The molecule has 4 aliphatic rings. The molecule has 2 saturated carbocycles. The SMILES string of the molecule is CC(=O)OC[C@@]12[C@H](OC(C)=O)[C@@H]3[C@@H](OC(=O)c4ccccc4)[C@H](C)C[C@]3(O)C(=O)[C@@]3(C)OC(C)(C)[C@@H](C=C[C@H]1OC(C)=O)[C@@H]23. The normalized spacial score (nSPS) is 39.8. The van der Waals surface area contributed by atoms with Gasteiger partial charge in [0, 0.05) is 32.6 Å². The van der Waals surface area contributed by atoms with Gasteiger partial charge in [-0.1, -0.05) is 31.2 Å². The third-order valence-electron chi connectivity index (χ3n) is 10.00. The Balaban J connectivity index is 1.80. The van der Waals surface area contributed by atoms with Gasteiger partial charge in [-0.3, -0.25) is 19.2 Å². The van der Waals surface area contributed by atoms with E-state index in [2.05, 4.69) is 0 Å². The van der Waals surface area contributed by atoms with Gasteiger partial charge in [-0.2, -0.15) is 0 Å². The molecular weight excluding hydrogens is 572 g/mol. The molecule has 11 heteroatoms. The molecule has 238 valence electrons. The van der Waals surface area contributed by atoms with Gasteiger partial charge < -0.3 is 28.8 Å². The first-order chi connectivity index (χ1) is 20.5. The monoisotopic (exact) mass is 612 g/mol. The van der Waals surface area contributed by atoms with E-state index in [-0.39, 0.29) is 12.0 Å².